The lowest BCUT2D eigenvalue weighted by molar-refractivity contribution is -0.126. The normalized spacial score (nSPS) is 20.6. The topological polar surface area (TPSA) is 84.9 Å². The number of carbonyl (C=O) groups is 1. The van der Waals surface area contributed by atoms with Gasteiger partial charge in [-0.1, -0.05) is 6.07 Å². The molecule has 1 fully saturated rings. The molecule has 2 atom stereocenters. The lowest BCUT2D eigenvalue weighted by atomic mass is 9.98. The number of thiophene rings is 1. The highest BCUT2D eigenvalue weighted by Crippen LogP contribution is 2.33. The number of piperidine rings is 1. The van der Waals surface area contributed by atoms with Crippen LogP contribution in [-0.4, -0.2) is 44.9 Å². The van der Waals surface area contributed by atoms with Gasteiger partial charge in [0.15, 0.2) is 11.5 Å². The van der Waals surface area contributed by atoms with Gasteiger partial charge in [-0.2, -0.15) is 4.31 Å². The van der Waals surface area contributed by atoms with Crippen LogP contribution in [0.2, 0.25) is 0 Å². The van der Waals surface area contributed by atoms with Crippen molar-refractivity contribution in [3.05, 3.63) is 40.8 Å². The number of nitrogens with one attached hydrogen (secondary N) is 1. The van der Waals surface area contributed by atoms with E-state index >= 15 is 0 Å². The molecule has 1 aromatic heterocycles. The highest BCUT2D eigenvalue weighted by Gasteiger charge is 2.34. The maximum Gasteiger partial charge on any atom is 0.252 e. The third-order valence-electron chi connectivity index (χ3n) is 5.70. The van der Waals surface area contributed by atoms with Crippen molar-refractivity contribution < 1.29 is 22.7 Å². The molecular formula is C22H28N2O5S2. The molecule has 2 unspecified atom stereocenters. The van der Waals surface area contributed by atoms with E-state index in [0.717, 1.165) is 22.6 Å². The molecule has 0 bridgehead atoms. The van der Waals surface area contributed by atoms with Crippen molar-refractivity contribution in [3.63, 3.8) is 0 Å². The number of fused-ring (bicyclic) bond motifs is 1. The van der Waals surface area contributed by atoms with Crippen molar-refractivity contribution in [2.24, 2.45) is 5.92 Å². The Hall–Kier alpha value is -2.10. The van der Waals surface area contributed by atoms with Gasteiger partial charge in [0.1, 0.15) is 4.21 Å². The third kappa shape index (κ3) is 4.88. The van der Waals surface area contributed by atoms with Crippen molar-refractivity contribution in [1.29, 1.82) is 0 Å². The van der Waals surface area contributed by atoms with Crippen LogP contribution in [0.15, 0.2) is 34.5 Å². The molecule has 31 heavy (non-hydrogen) atoms. The predicted octanol–water partition coefficient (Wildman–Crippen LogP) is 3.50. The van der Waals surface area contributed by atoms with Crippen molar-refractivity contribution in [1.82, 2.24) is 9.62 Å². The molecule has 1 aromatic carbocycles. The number of carbonyl (C=O) groups excluding carboxylic acids is 1. The number of sulfonamides is 1. The molecule has 0 saturated carbocycles. The van der Waals surface area contributed by atoms with Gasteiger partial charge in [-0.25, -0.2) is 8.42 Å². The zero-order valence-electron chi connectivity index (χ0n) is 17.8. The molecule has 0 radical (unpaired) electrons. The van der Waals surface area contributed by atoms with Crippen LogP contribution in [0.1, 0.15) is 42.7 Å². The van der Waals surface area contributed by atoms with Gasteiger partial charge in [-0.3, -0.25) is 4.79 Å². The van der Waals surface area contributed by atoms with Crippen molar-refractivity contribution >= 4 is 27.3 Å². The van der Waals surface area contributed by atoms with Crippen LogP contribution < -0.4 is 14.8 Å². The summed E-state index contributed by atoms with van der Waals surface area (Å²) in [6.07, 6.45) is 2.18. The average Bonchev–Trinajstić information content (AvgIpc) is 3.07. The minimum Gasteiger partial charge on any atom is -0.490 e. The second-order valence-corrected chi connectivity index (χ2v) is 11.5. The number of nitrogens with zero attached hydrogens (tertiary/aromatic N) is 1. The van der Waals surface area contributed by atoms with Crippen molar-refractivity contribution in [2.75, 3.05) is 26.3 Å². The highest BCUT2D eigenvalue weighted by molar-refractivity contribution is 7.91. The average molecular weight is 465 g/mol. The zero-order chi connectivity index (χ0) is 22.0. The Bertz CT molecular complexity index is 1050. The molecule has 2 aromatic rings. The fourth-order valence-corrected chi connectivity index (χ4v) is 6.88. The first-order valence-corrected chi connectivity index (χ1v) is 12.9. The summed E-state index contributed by atoms with van der Waals surface area (Å²) in [6, 6.07) is 8.93. The van der Waals surface area contributed by atoms with Gasteiger partial charge in [-0.15, -0.1) is 11.3 Å². The molecule has 1 amide bonds. The Balaban J connectivity index is 1.42. The molecule has 168 valence electrons. The van der Waals surface area contributed by atoms with E-state index in [9.17, 15) is 13.2 Å². The Morgan fingerprint density at radius 2 is 1.94 bits per heavy atom. The van der Waals surface area contributed by atoms with Crippen LogP contribution in [0.5, 0.6) is 11.5 Å². The lowest BCUT2D eigenvalue weighted by Crippen LogP contribution is -2.45. The Morgan fingerprint density at radius 1 is 1.16 bits per heavy atom. The van der Waals surface area contributed by atoms with Gasteiger partial charge in [0, 0.05) is 24.4 Å². The minimum atomic E-state index is -3.56. The first-order chi connectivity index (χ1) is 14.8. The molecule has 2 aliphatic heterocycles. The predicted molar refractivity (Wildman–Crippen MR) is 119 cm³/mol. The summed E-state index contributed by atoms with van der Waals surface area (Å²) < 4.78 is 39.1. The molecule has 1 N–H and O–H groups in total. The van der Waals surface area contributed by atoms with Crippen LogP contribution >= 0.6 is 11.3 Å². The zero-order valence-corrected chi connectivity index (χ0v) is 19.4. The maximum atomic E-state index is 13.0. The van der Waals surface area contributed by atoms with Crippen LogP contribution in [0.4, 0.5) is 0 Å². The van der Waals surface area contributed by atoms with Gasteiger partial charge in [0.05, 0.1) is 25.2 Å². The molecule has 0 spiro atoms. The van der Waals surface area contributed by atoms with Crippen LogP contribution in [-0.2, 0) is 14.8 Å². The van der Waals surface area contributed by atoms with Crippen LogP contribution in [0.25, 0.3) is 0 Å². The Kier molecular flexibility index (Phi) is 6.55. The van der Waals surface area contributed by atoms with E-state index in [0.29, 0.717) is 42.6 Å². The highest BCUT2D eigenvalue weighted by atomic mass is 32.2. The number of hydrogen-bond acceptors (Lipinski definition) is 6. The summed E-state index contributed by atoms with van der Waals surface area (Å²) in [5.74, 6) is 0.920. The molecule has 9 heteroatoms. The molecule has 0 aliphatic carbocycles. The van der Waals surface area contributed by atoms with E-state index in [2.05, 4.69) is 5.32 Å². The smallest absolute Gasteiger partial charge is 0.252 e. The fourth-order valence-electron chi connectivity index (χ4n) is 3.92. The SMILES string of the molecule is Cc1ccc(S(=O)(=O)N2CCCC(C(=O)NC(C)c3ccc4c(c3)OCCCO4)C2)s1. The Labute approximate surface area is 187 Å². The number of aryl methyl sites for hydroxylation is 1. The van der Waals surface area contributed by atoms with Gasteiger partial charge < -0.3 is 14.8 Å². The second kappa shape index (κ2) is 9.18. The van der Waals surface area contributed by atoms with Crippen LogP contribution in [0.3, 0.4) is 0 Å². The van der Waals surface area contributed by atoms with Gasteiger partial charge in [-0.05, 0) is 56.5 Å². The largest absolute Gasteiger partial charge is 0.490 e. The third-order valence-corrected chi connectivity index (χ3v) is 9.03. The number of benzene rings is 1. The Morgan fingerprint density at radius 3 is 2.68 bits per heavy atom. The summed E-state index contributed by atoms with van der Waals surface area (Å²) in [4.78, 5) is 13.9. The van der Waals surface area contributed by atoms with Crippen LogP contribution in [0, 0.1) is 12.8 Å². The molecule has 7 nitrogen and oxygen atoms in total. The van der Waals surface area contributed by atoms with E-state index in [-0.39, 0.29) is 24.4 Å². The monoisotopic (exact) mass is 464 g/mol. The molecule has 1 saturated heterocycles. The van der Waals surface area contributed by atoms with Gasteiger partial charge in [0.2, 0.25) is 5.91 Å². The van der Waals surface area contributed by atoms with E-state index in [1.807, 2.05) is 38.1 Å². The summed E-state index contributed by atoms with van der Waals surface area (Å²) in [5, 5.41) is 3.05. The van der Waals surface area contributed by atoms with E-state index in [1.54, 1.807) is 6.07 Å². The molecular weight excluding hydrogens is 436 g/mol. The van der Waals surface area contributed by atoms with E-state index < -0.39 is 10.0 Å². The number of rotatable bonds is 5. The number of ether oxygens (including phenoxy) is 2. The van der Waals surface area contributed by atoms with E-state index in [1.165, 1.54) is 15.6 Å². The fraction of sp³-hybridized carbons (Fsp3) is 0.500. The summed E-state index contributed by atoms with van der Waals surface area (Å²) in [6.45, 7) is 5.69. The van der Waals surface area contributed by atoms with Crippen molar-refractivity contribution in [3.8, 4) is 11.5 Å². The number of hydrogen-bond donors (Lipinski definition) is 1. The number of amides is 1. The molecule has 4 rings (SSSR count). The lowest BCUT2D eigenvalue weighted by Gasteiger charge is -2.31. The van der Waals surface area contributed by atoms with E-state index in [4.69, 9.17) is 9.47 Å². The van der Waals surface area contributed by atoms with Gasteiger partial charge >= 0.3 is 0 Å². The first kappa shape index (κ1) is 22.1. The quantitative estimate of drug-likeness (QED) is 0.732. The standard InChI is InChI=1S/C22H28N2O5S2/c1-15-6-9-21(30-15)31(26,27)24-10-3-5-18(14-24)22(25)23-16(2)17-7-8-19-20(13-17)29-12-4-11-28-19/h6-9,13,16,18H,3-5,10-12,14H2,1-2H3,(H,23,25). The summed E-state index contributed by atoms with van der Waals surface area (Å²) >= 11 is 1.27. The maximum absolute atomic E-state index is 13.0. The second-order valence-electron chi connectivity index (χ2n) is 8.05. The summed E-state index contributed by atoms with van der Waals surface area (Å²) in [5.41, 5.74) is 0.923. The van der Waals surface area contributed by atoms with Crippen molar-refractivity contribution in [2.45, 2.75) is 43.4 Å². The first-order valence-electron chi connectivity index (χ1n) is 10.6. The molecule has 3 heterocycles. The summed E-state index contributed by atoms with van der Waals surface area (Å²) in [7, 11) is -3.56. The minimum absolute atomic E-state index is 0.123. The van der Waals surface area contributed by atoms with Gasteiger partial charge in [0.25, 0.3) is 10.0 Å². The molecule has 2 aliphatic rings.